The first-order valence-electron chi connectivity index (χ1n) is 13.5. The van der Waals surface area contributed by atoms with Gasteiger partial charge in [-0.25, -0.2) is 4.52 Å². The summed E-state index contributed by atoms with van der Waals surface area (Å²) >= 11 is 1.49. The van der Waals surface area contributed by atoms with Crippen LogP contribution in [0, 0.1) is 0 Å². The van der Waals surface area contributed by atoms with Crippen molar-refractivity contribution in [3.05, 3.63) is 54.0 Å². The number of methoxy groups -OCH3 is 1. The van der Waals surface area contributed by atoms with E-state index in [4.69, 9.17) is 4.74 Å². The summed E-state index contributed by atoms with van der Waals surface area (Å²) in [6.07, 6.45) is 16.4. The predicted octanol–water partition coefficient (Wildman–Crippen LogP) is 2.49. The fourth-order valence-corrected chi connectivity index (χ4v) is 6.51. The number of amides is 2. The van der Waals surface area contributed by atoms with E-state index in [-0.39, 0.29) is 17.9 Å². The van der Waals surface area contributed by atoms with Crippen LogP contribution in [0.4, 0.5) is 0 Å². The standard InChI is InChI=1S/C27H34N8O3S/c1-18-22(12-20(14-28-18)31-24(36)4-8-33-9-7-27(33)5-3-6-27)32-25(37)21-15-30-35-17-23(39-26(21)35)19-13-29-34(16-19)10-11-38-2/h12-18,28H,3-11H2,1-2H3,(H,31,36)(H,32,37). The number of likely N-dealkylation sites (tertiary alicyclic amines) is 1. The Balaban J connectivity index is 1.08. The predicted molar refractivity (Wildman–Crippen MR) is 148 cm³/mol. The maximum atomic E-state index is 13.3. The zero-order valence-electron chi connectivity index (χ0n) is 22.3. The number of carbonyl (C=O) groups excluding carboxylic acids is 2. The average Bonchev–Trinajstić information content (AvgIpc) is 3.59. The number of nitrogens with one attached hydrogen (secondary N) is 3. The highest BCUT2D eigenvalue weighted by Crippen LogP contribution is 2.46. The van der Waals surface area contributed by atoms with Gasteiger partial charge in [0.1, 0.15) is 4.83 Å². The van der Waals surface area contributed by atoms with Gasteiger partial charge in [-0.15, -0.1) is 11.3 Å². The molecule has 1 unspecified atom stereocenters. The van der Waals surface area contributed by atoms with Gasteiger partial charge < -0.3 is 20.7 Å². The van der Waals surface area contributed by atoms with Gasteiger partial charge in [-0.05, 0) is 38.7 Å². The minimum atomic E-state index is -0.245. The van der Waals surface area contributed by atoms with Gasteiger partial charge in [0.05, 0.1) is 47.7 Å². The smallest absolute Gasteiger partial charge is 0.260 e. The Kier molecular flexibility index (Phi) is 7.00. The van der Waals surface area contributed by atoms with Gasteiger partial charge in [0.2, 0.25) is 5.91 Å². The molecule has 1 atom stereocenters. The molecule has 1 saturated heterocycles. The molecule has 206 valence electrons. The van der Waals surface area contributed by atoms with Gasteiger partial charge in [-0.1, -0.05) is 0 Å². The van der Waals surface area contributed by atoms with Crippen molar-refractivity contribution in [3.8, 4) is 10.4 Å². The van der Waals surface area contributed by atoms with Crippen LogP contribution in [-0.4, -0.2) is 74.5 Å². The quantitative estimate of drug-likeness (QED) is 0.355. The summed E-state index contributed by atoms with van der Waals surface area (Å²) in [6.45, 7) is 5.11. The number of nitrogens with zero attached hydrogens (tertiary/aromatic N) is 5. The van der Waals surface area contributed by atoms with E-state index in [0.717, 1.165) is 28.4 Å². The van der Waals surface area contributed by atoms with Crippen LogP contribution >= 0.6 is 11.3 Å². The Hall–Kier alpha value is -3.48. The van der Waals surface area contributed by atoms with E-state index in [1.165, 1.54) is 37.0 Å². The van der Waals surface area contributed by atoms with Gasteiger partial charge in [0.25, 0.3) is 5.91 Å². The van der Waals surface area contributed by atoms with Crippen molar-refractivity contribution in [2.45, 2.75) is 57.2 Å². The van der Waals surface area contributed by atoms with Crippen LogP contribution in [0.5, 0.6) is 0 Å². The number of hydrogen-bond acceptors (Lipinski definition) is 8. The molecule has 0 aromatic carbocycles. The molecule has 2 fully saturated rings. The molecule has 1 saturated carbocycles. The summed E-state index contributed by atoms with van der Waals surface area (Å²) in [6, 6.07) is -0.114. The summed E-state index contributed by atoms with van der Waals surface area (Å²) in [7, 11) is 1.66. The molecule has 3 aromatic heterocycles. The number of thiazole rings is 1. The fraction of sp³-hybridized carbons (Fsp3) is 0.481. The highest BCUT2D eigenvalue weighted by molar-refractivity contribution is 7.21. The zero-order chi connectivity index (χ0) is 27.0. The lowest BCUT2D eigenvalue weighted by molar-refractivity contribution is -0.123. The molecule has 2 amide bonds. The topological polar surface area (TPSA) is 118 Å². The van der Waals surface area contributed by atoms with Gasteiger partial charge in [0.15, 0.2) is 0 Å². The first-order chi connectivity index (χ1) is 18.9. The minimum Gasteiger partial charge on any atom is -0.383 e. The summed E-state index contributed by atoms with van der Waals surface area (Å²) in [5.41, 5.74) is 3.17. The number of carbonyl (C=O) groups is 2. The molecule has 3 aromatic rings. The number of ether oxygens (including phenoxy) is 1. The highest BCUT2D eigenvalue weighted by atomic mass is 32.1. The van der Waals surface area contributed by atoms with Crippen molar-refractivity contribution < 1.29 is 14.3 Å². The van der Waals surface area contributed by atoms with Gasteiger partial charge in [-0.2, -0.15) is 10.2 Å². The van der Waals surface area contributed by atoms with Crippen LogP contribution in [0.3, 0.4) is 0 Å². The molecule has 1 spiro atoms. The Labute approximate surface area is 230 Å². The lowest BCUT2D eigenvalue weighted by Gasteiger charge is -2.59. The molecule has 3 aliphatic rings. The van der Waals surface area contributed by atoms with E-state index >= 15 is 0 Å². The third-order valence-corrected chi connectivity index (χ3v) is 9.26. The van der Waals surface area contributed by atoms with Crippen LogP contribution in [0.15, 0.2) is 48.5 Å². The van der Waals surface area contributed by atoms with Crippen molar-refractivity contribution >= 4 is 28.0 Å². The number of aromatic nitrogens is 4. The minimum absolute atomic E-state index is 0.0177. The maximum absolute atomic E-state index is 13.3. The van der Waals surface area contributed by atoms with Crippen molar-refractivity contribution in [1.29, 1.82) is 0 Å². The largest absolute Gasteiger partial charge is 0.383 e. The van der Waals surface area contributed by atoms with Crippen molar-refractivity contribution in [1.82, 2.24) is 40.2 Å². The third-order valence-electron chi connectivity index (χ3n) is 8.10. The lowest BCUT2D eigenvalue weighted by atomic mass is 9.68. The monoisotopic (exact) mass is 550 g/mol. The Bertz CT molecular complexity index is 1440. The van der Waals surface area contributed by atoms with Crippen molar-refractivity contribution in [2.75, 3.05) is 26.8 Å². The number of fused-ring (bicyclic) bond motifs is 1. The lowest BCUT2D eigenvalue weighted by Crippen LogP contribution is -2.64. The number of hydrogen-bond donors (Lipinski definition) is 3. The van der Waals surface area contributed by atoms with Gasteiger partial charge in [-0.3, -0.25) is 19.2 Å². The molecule has 6 rings (SSSR count). The molecule has 0 bridgehead atoms. The summed E-state index contributed by atoms with van der Waals surface area (Å²) < 4.78 is 8.67. The van der Waals surface area contributed by atoms with Crippen LogP contribution in [0.2, 0.25) is 0 Å². The van der Waals surface area contributed by atoms with E-state index in [2.05, 4.69) is 31.0 Å². The van der Waals surface area contributed by atoms with Crippen LogP contribution in [0.1, 0.15) is 49.4 Å². The number of rotatable bonds is 10. The molecule has 2 aliphatic heterocycles. The summed E-state index contributed by atoms with van der Waals surface area (Å²) in [4.78, 5) is 30.1. The Morgan fingerprint density at radius 3 is 2.79 bits per heavy atom. The van der Waals surface area contributed by atoms with E-state index in [1.54, 1.807) is 30.2 Å². The zero-order valence-corrected chi connectivity index (χ0v) is 23.1. The van der Waals surface area contributed by atoms with Gasteiger partial charge >= 0.3 is 0 Å². The maximum Gasteiger partial charge on any atom is 0.260 e. The fourth-order valence-electron chi connectivity index (χ4n) is 5.47. The summed E-state index contributed by atoms with van der Waals surface area (Å²) in [5.74, 6) is -0.263. The van der Waals surface area contributed by atoms with E-state index in [1.807, 2.05) is 30.1 Å². The Morgan fingerprint density at radius 1 is 1.18 bits per heavy atom. The molecule has 11 nitrogen and oxygen atoms in total. The molecular formula is C27H34N8O3S. The number of dihydropyridines is 1. The molecule has 1 aliphatic carbocycles. The van der Waals surface area contributed by atoms with Crippen molar-refractivity contribution in [3.63, 3.8) is 0 Å². The molecule has 0 radical (unpaired) electrons. The second-order valence-corrected chi connectivity index (χ2v) is 11.6. The summed E-state index contributed by atoms with van der Waals surface area (Å²) in [5, 5.41) is 18.0. The first-order valence-corrected chi connectivity index (χ1v) is 14.3. The van der Waals surface area contributed by atoms with Crippen LogP contribution < -0.4 is 16.0 Å². The first kappa shape index (κ1) is 25.8. The van der Waals surface area contributed by atoms with Crippen molar-refractivity contribution in [2.24, 2.45) is 0 Å². The second kappa shape index (κ2) is 10.6. The number of allylic oxidation sites excluding steroid dienone is 1. The normalized spacial score (nSPS) is 20.1. The molecule has 5 heterocycles. The molecule has 12 heteroatoms. The Morgan fingerprint density at radius 2 is 2.05 bits per heavy atom. The third kappa shape index (κ3) is 5.11. The van der Waals surface area contributed by atoms with E-state index < -0.39 is 0 Å². The van der Waals surface area contributed by atoms with Gasteiger partial charge in [0, 0.05) is 62.0 Å². The van der Waals surface area contributed by atoms with Crippen LogP contribution in [-0.2, 0) is 16.1 Å². The molecular weight excluding hydrogens is 516 g/mol. The molecule has 3 N–H and O–H groups in total. The molecule has 39 heavy (non-hydrogen) atoms. The highest BCUT2D eigenvalue weighted by Gasteiger charge is 2.48. The second-order valence-electron chi connectivity index (χ2n) is 10.5. The SMILES string of the molecule is COCCn1cc(-c2cn3ncc(C(=O)NC4=CC(NC(=O)CCN5CCC56CCC6)=CNC4C)c3s2)cn1. The average molecular weight is 551 g/mol. The van der Waals surface area contributed by atoms with E-state index in [9.17, 15) is 9.59 Å². The van der Waals surface area contributed by atoms with E-state index in [0.29, 0.717) is 42.1 Å². The van der Waals surface area contributed by atoms with Crippen LogP contribution in [0.25, 0.3) is 15.3 Å².